The number of allylic oxidation sites excluding steroid dienone is 4. The normalized spacial score (nSPS) is 12.8. The third kappa shape index (κ3) is 6.68. The second-order valence-electron chi connectivity index (χ2n) is 15.0. The number of carbonyl (C=O) groups is 1. The maximum atomic E-state index is 13.5. The molecule has 0 atom stereocenters. The minimum Gasteiger partial charge on any atom is -0.497 e. The van der Waals surface area contributed by atoms with Gasteiger partial charge in [0.15, 0.2) is 0 Å². The van der Waals surface area contributed by atoms with Gasteiger partial charge in [0, 0.05) is 27.7 Å². The molecule has 5 heterocycles. The van der Waals surface area contributed by atoms with Gasteiger partial charge in [-0.15, -0.1) is 0 Å². The minimum atomic E-state index is -0.379. The van der Waals surface area contributed by atoms with Gasteiger partial charge in [-0.1, -0.05) is 85.7 Å². The van der Waals surface area contributed by atoms with E-state index in [2.05, 4.69) is 102 Å². The molecule has 2 aromatic carbocycles. The van der Waals surface area contributed by atoms with Crippen LogP contribution in [0.2, 0.25) is 0 Å². The number of H-pyrrole nitrogens is 2. The first-order valence-electron chi connectivity index (χ1n) is 21.4. The van der Waals surface area contributed by atoms with E-state index >= 15 is 0 Å². The summed E-state index contributed by atoms with van der Waals surface area (Å²) in [6.07, 6.45) is 6.65. The van der Waals surface area contributed by atoms with Crippen LogP contribution in [-0.4, -0.2) is 40.1 Å². The van der Waals surface area contributed by atoms with Crippen molar-refractivity contribution in [1.82, 2.24) is 19.9 Å². The van der Waals surface area contributed by atoms with Crippen molar-refractivity contribution in [2.45, 2.75) is 107 Å². The largest absolute Gasteiger partial charge is 0.497 e. The van der Waals surface area contributed by atoms with Crippen LogP contribution in [0.5, 0.6) is 5.75 Å². The highest BCUT2D eigenvalue weighted by molar-refractivity contribution is 6.07. The topological polar surface area (TPSA) is 92.9 Å². The second-order valence-corrected chi connectivity index (χ2v) is 15.0. The maximum Gasteiger partial charge on any atom is 0.338 e. The lowest BCUT2D eigenvalue weighted by Crippen LogP contribution is -2.05. The van der Waals surface area contributed by atoms with E-state index in [0.29, 0.717) is 5.56 Å². The van der Waals surface area contributed by atoms with Gasteiger partial charge < -0.3 is 19.4 Å². The smallest absolute Gasteiger partial charge is 0.338 e. The van der Waals surface area contributed by atoms with E-state index in [-0.39, 0.29) is 5.97 Å². The van der Waals surface area contributed by atoms with Gasteiger partial charge in [-0.25, -0.2) is 14.8 Å². The predicted octanol–water partition coefficient (Wildman–Crippen LogP) is 13.2. The zero-order valence-electron chi connectivity index (χ0n) is 36.0. The van der Waals surface area contributed by atoms with Gasteiger partial charge >= 0.3 is 5.97 Å². The van der Waals surface area contributed by atoms with E-state index in [0.717, 1.165) is 124 Å². The third-order valence-corrected chi connectivity index (χ3v) is 12.2. The van der Waals surface area contributed by atoms with E-state index in [4.69, 9.17) is 19.4 Å². The number of carbonyl (C=O) groups excluding carboxylic acids is 1. The van der Waals surface area contributed by atoms with Crippen LogP contribution in [0.3, 0.4) is 0 Å². The number of methoxy groups -OCH3 is 2. The molecule has 0 saturated heterocycles. The van der Waals surface area contributed by atoms with Gasteiger partial charge in [0.2, 0.25) is 0 Å². The number of hydrogen-bond donors (Lipinski definition) is 2. The molecule has 0 fully saturated rings. The standard InChI is InChI=1S/C51H58N4O3/c1-11-31-35(15-5)47-45(29-23-25-30(57-9)26-24-29)48-36(16-6)32(12-2)42(53-48)28-44-34(14-4)38(18-8)50(55-44)46(39-21-19-20-22-40(39)51(56)58-10)49-37(17-7)33(13-3)43(54-49)27-41(31)52-47/h19-28,52-53H,11-18H2,1-10H3. The lowest BCUT2D eigenvalue weighted by molar-refractivity contribution is 0.0601. The van der Waals surface area contributed by atoms with Gasteiger partial charge in [0.25, 0.3) is 0 Å². The first-order chi connectivity index (χ1) is 28.2. The fourth-order valence-corrected chi connectivity index (χ4v) is 9.57. The number of aromatic nitrogens is 4. The Bertz CT molecular complexity index is 2510. The molecular formula is C51H58N4O3. The molecular weight excluding hydrogens is 717 g/mol. The van der Waals surface area contributed by atoms with E-state index in [1.54, 1.807) is 7.11 Å². The lowest BCUT2D eigenvalue weighted by atomic mass is 9.89. The number of aryl methyl sites for hydroxylation is 4. The Morgan fingerprint density at radius 3 is 1.43 bits per heavy atom. The zero-order chi connectivity index (χ0) is 41.2. The van der Waals surface area contributed by atoms with Crippen LogP contribution in [0.4, 0.5) is 0 Å². The zero-order valence-corrected chi connectivity index (χ0v) is 36.0. The van der Waals surface area contributed by atoms with Crippen molar-refractivity contribution < 1.29 is 14.3 Å². The van der Waals surface area contributed by atoms with Crippen LogP contribution < -0.4 is 4.74 Å². The number of ether oxygens (including phenoxy) is 2. The quantitative estimate of drug-likeness (QED) is 0.123. The fourth-order valence-electron chi connectivity index (χ4n) is 9.57. The Hall–Kier alpha value is -5.69. The average Bonchev–Trinajstić information content (AvgIpc) is 4.00. The highest BCUT2D eigenvalue weighted by atomic mass is 16.5. The third-order valence-electron chi connectivity index (χ3n) is 12.2. The number of nitrogens with zero attached hydrogens (tertiary/aromatic N) is 2. The van der Waals surface area contributed by atoms with Crippen molar-refractivity contribution in [3.63, 3.8) is 0 Å². The molecule has 2 aliphatic heterocycles. The van der Waals surface area contributed by atoms with Crippen LogP contribution in [0.15, 0.2) is 60.7 Å². The number of benzene rings is 2. The van der Waals surface area contributed by atoms with Crippen LogP contribution >= 0.6 is 0 Å². The summed E-state index contributed by atoms with van der Waals surface area (Å²) in [7, 11) is 3.16. The summed E-state index contributed by atoms with van der Waals surface area (Å²) in [5.41, 5.74) is 22.5. The van der Waals surface area contributed by atoms with Crippen molar-refractivity contribution in [3.8, 4) is 28.0 Å². The monoisotopic (exact) mass is 774 g/mol. The molecule has 7 rings (SSSR count). The highest BCUT2D eigenvalue weighted by Gasteiger charge is 2.30. The lowest BCUT2D eigenvalue weighted by Gasteiger charge is -2.15. The molecule has 58 heavy (non-hydrogen) atoms. The van der Waals surface area contributed by atoms with Gasteiger partial charge in [-0.3, -0.25) is 0 Å². The molecule has 3 aromatic heterocycles. The first kappa shape index (κ1) is 40.5. The average molecular weight is 775 g/mol. The molecule has 7 nitrogen and oxygen atoms in total. The van der Waals surface area contributed by atoms with Crippen LogP contribution in [0.25, 0.3) is 66.6 Å². The maximum absolute atomic E-state index is 13.5. The Balaban J connectivity index is 1.82. The Labute approximate surface area is 343 Å². The molecule has 7 heteroatoms. The molecule has 0 saturated carbocycles. The Morgan fingerprint density at radius 1 is 0.552 bits per heavy atom. The SMILES string of the molecule is CCC1=C(CC)c2nc1cc1[nH]c(c(CC)c1CC)c(-c1ccc(OC)cc1)c1[nH]c(cc3nc(c2-c2ccccc2C(=O)OC)C(CC)=C3CC)c(CC)c1CC. The number of esters is 1. The number of nitrogens with one attached hydrogen (secondary N) is 2. The Kier molecular flexibility index (Phi) is 11.9. The predicted molar refractivity (Wildman–Crippen MR) is 242 cm³/mol. The second kappa shape index (κ2) is 17.0. The van der Waals surface area contributed by atoms with E-state index in [1.807, 2.05) is 24.3 Å². The molecule has 0 radical (unpaired) electrons. The summed E-state index contributed by atoms with van der Waals surface area (Å²) in [6, 6.07) is 20.8. The number of fused-ring (bicyclic) bond motifs is 8. The van der Waals surface area contributed by atoms with Crippen LogP contribution in [0.1, 0.15) is 136 Å². The van der Waals surface area contributed by atoms with E-state index in [1.165, 1.54) is 51.7 Å². The van der Waals surface area contributed by atoms with E-state index < -0.39 is 0 Å². The van der Waals surface area contributed by atoms with Gasteiger partial charge in [-0.05, 0) is 132 Å². The molecule has 0 aliphatic carbocycles. The van der Waals surface area contributed by atoms with Crippen molar-refractivity contribution in [2.24, 2.45) is 0 Å². The summed E-state index contributed by atoms with van der Waals surface area (Å²) in [6.45, 7) is 17.9. The number of aromatic amines is 2. The molecule has 0 spiro atoms. The Morgan fingerprint density at radius 2 is 1.02 bits per heavy atom. The fraction of sp³-hybridized carbons (Fsp3) is 0.353. The number of hydrogen-bond acceptors (Lipinski definition) is 5. The molecule has 8 bridgehead atoms. The minimum absolute atomic E-state index is 0.379. The van der Waals surface area contributed by atoms with Gasteiger partial charge in [-0.2, -0.15) is 0 Å². The molecule has 2 aliphatic rings. The summed E-state index contributed by atoms with van der Waals surface area (Å²) in [5, 5.41) is 0. The summed E-state index contributed by atoms with van der Waals surface area (Å²) in [5.74, 6) is 0.447. The molecule has 0 unspecified atom stereocenters. The van der Waals surface area contributed by atoms with Crippen LogP contribution in [-0.2, 0) is 30.4 Å². The molecule has 0 amide bonds. The molecule has 5 aromatic rings. The van der Waals surface area contributed by atoms with Gasteiger partial charge in [0.1, 0.15) is 5.75 Å². The van der Waals surface area contributed by atoms with Crippen LogP contribution in [0, 0.1) is 0 Å². The van der Waals surface area contributed by atoms with Crippen molar-refractivity contribution in [3.05, 3.63) is 111 Å². The molecule has 300 valence electrons. The molecule has 2 N–H and O–H groups in total. The van der Waals surface area contributed by atoms with Gasteiger partial charge in [0.05, 0.1) is 53.6 Å². The van der Waals surface area contributed by atoms with Crippen molar-refractivity contribution >= 4 is 50.3 Å². The first-order valence-corrected chi connectivity index (χ1v) is 21.4. The van der Waals surface area contributed by atoms with Crippen molar-refractivity contribution in [1.29, 1.82) is 0 Å². The number of rotatable bonds is 12. The summed E-state index contributed by atoms with van der Waals surface area (Å²) >= 11 is 0. The summed E-state index contributed by atoms with van der Waals surface area (Å²) in [4.78, 5) is 32.8. The van der Waals surface area contributed by atoms with Crippen molar-refractivity contribution in [2.75, 3.05) is 14.2 Å². The summed E-state index contributed by atoms with van der Waals surface area (Å²) < 4.78 is 11.0. The van der Waals surface area contributed by atoms with E-state index in [9.17, 15) is 4.79 Å². The highest BCUT2D eigenvalue weighted by Crippen LogP contribution is 2.47.